The lowest BCUT2D eigenvalue weighted by atomic mass is 9.55. The predicted molar refractivity (Wildman–Crippen MR) is 83.3 cm³/mol. The summed E-state index contributed by atoms with van der Waals surface area (Å²) in [7, 11) is 3.71. The number of nitrogens with one attached hydrogen (secondary N) is 1. The molecule has 0 radical (unpaired) electrons. The molecule has 0 aromatic carbocycles. The minimum atomic E-state index is -0.113. The van der Waals surface area contributed by atoms with Crippen LogP contribution in [0.1, 0.15) is 46.5 Å². The highest BCUT2D eigenvalue weighted by Gasteiger charge is 2.59. The van der Waals surface area contributed by atoms with Gasteiger partial charge in [0.2, 0.25) is 5.91 Å². The van der Waals surface area contributed by atoms with Crippen LogP contribution in [-0.4, -0.2) is 49.2 Å². The maximum absolute atomic E-state index is 12.4. The molecule has 5 heteroatoms. The molecule has 0 aromatic heterocycles. The molecule has 1 aliphatic heterocycles. The highest BCUT2D eigenvalue weighted by atomic mass is 35.5. The monoisotopic (exact) mass is 304 g/mol. The first kappa shape index (κ1) is 17.7. The molecule has 1 saturated carbocycles. The standard InChI is InChI=1S/C15H28N2O2.ClH/c1-14(2)12(10-15(14,3)19-5)17(4)13(18)9-11-7-6-8-16-11;/h11-12,16H,6-10H2,1-5H3;1H. The summed E-state index contributed by atoms with van der Waals surface area (Å²) in [6.07, 6.45) is 3.88. The van der Waals surface area contributed by atoms with E-state index in [0.717, 1.165) is 19.4 Å². The Morgan fingerprint density at radius 1 is 1.40 bits per heavy atom. The van der Waals surface area contributed by atoms with E-state index >= 15 is 0 Å². The largest absolute Gasteiger partial charge is 0.378 e. The Hall–Kier alpha value is -0.320. The van der Waals surface area contributed by atoms with Gasteiger partial charge in [0.25, 0.3) is 0 Å². The Labute approximate surface area is 129 Å². The highest BCUT2D eigenvalue weighted by molar-refractivity contribution is 5.85. The van der Waals surface area contributed by atoms with E-state index in [4.69, 9.17) is 4.74 Å². The number of ether oxygens (including phenoxy) is 1. The number of nitrogens with zero attached hydrogens (tertiary/aromatic N) is 1. The quantitative estimate of drug-likeness (QED) is 0.866. The van der Waals surface area contributed by atoms with Crippen molar-refractivity contribution in [3.05, 3.63) is 0 Å². The second kappa shape index (κ2) is 6.20. The maximum Gasteiger partial charge on any atom is 0.224 e. The summed E-state index contributed by atoms with van der Waals surface area (Å²) in [6.45, 7) is 7.59. The van der Waals surface area contributed by atoms with E-state index in [0.29, 0.717) is 12.5 Å². The normalized spacial score (nSPS) is 35.0. The van der Waals surface area contributed by atoms with Crippen LogP contribution in [0.15, 0.2) is 0 Å². The topological polar surface area (TPSA) is 41.6 Å². The molecule has 0 bridgehead atoms. The minimum Gasteiger partial charge on any atom is -0.378 e. The van der Waals surface area contributed by atoms with Crippen LogP contribution in [0.25, 0.3) is 0 Å². The average Bonchev–Trinajstić information content (AvgIpc) is 2.87. The van der Waals surface area contributed by atoms with Gasteiger partial charge in [0, 0.05) is 38.1 Å². The fourth-order valence-corrected chi connectivity index (χ4v) is 3.54. The molecular weight excluding hydrogens is 276 g/mol. The third-order valence-electron chi connectivity index (χ3n) is 5.67. The molecule has 2 aliphatic rings. The first-order valence-corrected chi connectivity index (χ1v) is 7.36. The molecule has 3 atom stereocenters. The molecule has 1 heterocycles. The van der Waals surface area contributed by atoms with Crippen LogP contribution in [0.5, 0.6) is 0 Å². The number of carbonyl (C=O) groups excluding carboxylic acids is 1. The summed E-state index contributed by atoms with van der Waals surface area (Å²) in [5.74, 6) is 0.260. The molecule has 1 N–H and O–H groups in total. The van der Waals surface area contributed by atoms with Crippen molar-refractivity contribution in [1.29, 1.82) is 0 Å². The van der Waals surface area contributed by atoms with E-state index in [1.165, 1.54) is 6.42 Å². The van der Waals surface area contributed by atoms with Gasteiger partial charge in [-0.25, -0.2) is 0 Å². The molecule has 3 unspecified atom stereocenters. The summed E-state index contributed by atoms with van der Waals surface area (Å²) in [5.41, 5.74) is -0.104. The van der Waals surface area contributed by atoms with Gasteiger partial charge in [-0.1, -0.05) is 13.8 Å². The van der Waals surface area contributed by atoms with Crippen molar-refractivity contribution in [3.63, 3.8) is 0 Å². The summed E-state index contributed by atoms with van der Waals surface area (Å²) in [5, 5.41) is 3.39. The number of methoxy groups -OCH3 is 1. The zero-order valence-corrected chi connectivity index (χ0v) is 14.2. The van der Waals surface area contributed by atoms with Gasteiger partial charge in [0.05, 0.1) is 5.60 Å². The van der Waals surface area contributed by atoms with Gasteiger partial charge in [0.1, 0.15) is 0 Å². The van der Waals surface area contributed by atoms with Crippen LogP contribution in [0, 0.1) is 5.41 Å². The van der Waals surface area contributed by atoms with Gasteiger partial charge in [-0.3, -0.25) is 4.79 Å². The second-order valence-electron chi connectivity index (χ2n) is 6.88. The number of hydrogen-bond donors (Lipinski definition) is 1. The molecule has 2 rings (SSSR count). The molecule has 1 amide bonds. The van der Waals surface area contributed by atoms with Gasteiger partial charge < -0.3 is 15.0 Å². The average molecular weight is 305 g/mol. The van der Waals surface area contributed by atoms with Gasteiger partial charge in [-0.15, -0.1) is 12.4 Å². The van der Waals surface area contributed by atoms with Gasteiger partial charge in [-0.2, -0.15) is 0 Å². The van der Waals surface area contributed by atoms with Crippen molar-refractivity contribution in [2.75, 3.05) is 20.7 Å². The van der Waals surface area contributed by atoms with Crippen LogP contribution in [-0.2, 0) is 9.53 Å². The molecule has 118 valence electrons. The van der Waals surface area contributed by atoms with Crippen molar-refractivity contribution >= 4 is 18.3 Å². The van der Waals surface area contributed by atoms with Crippen molar-refractivity contribution in [2.24, 2.45) is 5.41 Å². The van der Waals surface area contributed by atoms with Gasteiger partial charge in [0.15, 0.2) is 0 Å². The van der Waals surface area contributed by atoms with E-state index in [9.17, 15) is 4.79 Å². The first-order chi connectivity index (χ1) is 8.82. The Morgan fingerprint density at radius 3 is 2.50 bits per heavy atom. The molecule has 4 nitrogen and oxygen atoms in total. The van der Waals surface area contributed by atoms with Crippen molar-refractivity contribution in [2.45, 2.75) is 64.1 Å². The third kappa shape index (κ3) is 2.83. The maximum atomic E-state index is 12.4. The van der Waals surface area contributed by atoms with Crippen molar-refractivity contribution in [3.8, 4) is 0 Å². The second-order valence-corrected chi connectivity index (χ2v) is 6.88. The van der Waals surface area contributed by atoms with Crippen molar-refractivity contribution in [1.82, 2.24) is 10.2 Å². The van der Waals surface area contributed by atoms with E-state index in [1.54, 1.807) is 7.11 Å². The highest BCUT2D eigenvalue weighted by Crippen LogP contribution is 2.53. The predicted octanol–water partition coefficient (Wildman–Crippen LogP) is 2.21. The lowest BCUT2D eigenvalue weighted by Crippen LogP contribution is -2.68. The molecule has 2 fully saturated rings. The van der Waals surface area contributed by atoms with Crippen LogP contribution in [0.3, 0.4) is 0 Å². The molecule has 1 saturated heterocycles. The van der Waals surface area contributed by atoms with Crippen LogP contribution in [0.4, 0.5) is 0 Å². The molecule has 20 heavy (non-hydrogen) atoms. The molecule has 0 spiro atoms. The lowest BCUT2D eigenvalue weighted by Gasteiger charge is -2.61. The van der Waals surface area contributed by atoms with E-state index in [2.05, 4.69) is 26.1 Å². The first-order valence-electron chi connectivity index (χ1n) is 7.36. The number of rotatable bonds is 4. The zero-order chi connectivity index (χ0) is 14.3. The Bertz CT molecular complexity index is 356. The molecule has 1 aliphatic carbocycles. The smallest absolute Gasteiger partial charge is 0.224 e. The van der Waals surface area contributed by atoms with Gasteiger partial charge in [-0.05, 0) is 32.7 Å². The Balaban J connectivity index is 0.00000200. The SMILES string of the molecule is COC1(C)CC(N(C)C(=O)CC2CCCN2)C1(C)C.Cl. The van der Waals surface area contributed by atoms with Crippen LogP contribution in [0.2, 0.25) is 0 Å². The van der Waals surface area contributed by atoms with Crippen LogP contribution < -0.4 is 5.32 Å². The summed E-state index contributed by atoms with van der Waals surface area (Å²) in [6, 6.07) is 0.665. The van der Waals surface area contributed by atoms with E-state index in [-0.39, 0.29) is 35.4 Å². The van der Waals surface area contributed by atoms with Crippen LogP contribution >= 0.6 is 12.4 Å². The number of hydrogen-bond acceptors (Lipinski definition) is 3. The Kier molecular flexibility index (Phi) is 5.50. The van der Waals surface area contributed by atoms with E-state index < -0.39 is 0 Å². The zero-order valence-electron chi connectivity index (χ0n) is 13.4. The molecule has 0 aromatic rings. The van der Waals surface area contributed by atoms with Crippen molar-refractivity contribution < 1.29 is 9.53 Å². The summed E-state index contributed by atoms with van der Waals surface area (Å²) in [4.78, 5) is 14.3. The fraction of sp³-hybridized carbons (Fsp3) is 0.933. The number of halogens is 1. The number of carbonyl (C=O) groups is 1. The third-order valence-corrected chi connectivity index (χ3v) is 5.67. The summed E-state index contributed by atoms with van der Waals surface area (Å²) < 4.78 is 5.63. The fourth-order valence-electron chi connectivity index (χ4n) is 3.54. The lowest BCUT2D eigenvalue weighted by molar-refractivity contribution is -0.207. The van der Waals surface area contributed by atoms with E-state index in [1.807, 2.05) is 11.9 Å². The number of amides is 1. The Morgan fingerprint density at radius 2 is 2.05 bits per heavy atom. The molecular formula is C15H29ClN2O2. The minimum absolute atomic E-state index is 0. The summed E-state index contributed by atoms with van der Waals surface area (Å²) >= 11 is 0. The van der Waals surface area contributed by atoms with Gasteiger partial charge >= 0.3 is 0 Å².